The molecule has 0 heterocycles. The van der Waals surface area contributed by atoms with Gasteiger partial charge in [0, 0.05) is 18.2 Å². The standard InChI is InChI=1S/C13H19NO4/c1-2-11(8-15)14-7-10-5-3-4-6-12(10)18-9-13(16)17/h3-6,11,14-15H,2,7-9H2,1H3,(H,16,17)/t11-/m1/s1. The van der Waals surface area contributed by atoms with Crippen molar-refractivity contribution in [1.29, 1.82) is 0 Å². The van der Waals surface area contributed by atoms with Crippen LogP contribution in [0.25, 0.3) is 0 Å². The summed E-state index contributed by atoms with van der Waals surface area (Å²) in [5.41, 5.74) is 0.880. The van der Waals surface area contributed by atoms with Crippen LogP contribution in [0, 0.1) is 0 Å². The van der Waals surface area contributed by atoms with Crippen molar-refractivity contribution in [3.05, 3.63) is 29.8 Å². The van der Waals surface area contributed by atoms with Gasteiger partial charge in [0.25, 0.3) is 0 Å². The van der Waals surface area contributed by atoms with Gasteiger partial charge in [-0.3, -0.25) is 0 Å². The lowest BCUT2D eigenvalue weighted by atomic mass is 10.1. The molecule has 1 atom stereocenters. The lowest BCUT2D eigenvalue weighted by Crippen LogP contribution is -2.31. The van der Waals surface area contributed by atoms with Gasteiger partial charge in [-0.2, -0.15) is 0 Å². The van der Waals surface area contributed by atoms with Crippen LogP contribution < -0.4 is 10.1 Å². The second-order valence-electron chi connectivity index (χ2n) is 3.96. The van der Waals surface area contributed by atoms with Gasteiger partial charge in [-0.05, 0) is 12.5 Å². The molecular formula is C13H19NO4. The minimum absolute atomic E-state index is 0.0394. The Morgan fingerprint density at radius 3 is 2.78 bits per heavy atom. The molecule has 1 aromatic rings. The second kappa shape index (κ2) is 7.68. The van der Waals surface area contributed by atoms with Crippen molar-refractivity contribution in [2.24, 2.45) is 0 Å². The average molecular weight is 253 g/mol. The summed E-state index contributed by atoms with van der Waals surface area (Å²) in [4.78, 5) is 10.5. The number of carboxylic acids is 1. The van der Waals surface area contributed by atoms with Gasteiger partial charge in [0.1, 0.15) is 5.75 Å². The van der Waals surface area contributed by atoms with E-state index in [-0.39, 0.29) is 19.3 Å². The van der Waals surface area contributed by atoms with Crippen LogP contribution in [-0.2, 0) is 11.3 Å². The fraction of sp³-hybridized carbons (Fsp3) is 0.462. The maximum absolute atomic E-state index is 10.5. The number of aliphatic carboxylic acids is 1. The third-order valence-corrected chi connectivity index (χ3v) is 2.62. The van der Waals surface area contributed by atoms with Crippen LogP contribution in [0.4, 0.5) is 0 Å². The van der Waals surface area contributed by atoms with Gasteiger partial charge in [-0.1, -0.05) is 25.1 Å². The van der Waals surface area contributed by atoms with Crippen LogP contribution in [0.15, 0.2) is 24.3 Å². The summed E-state index contributed by atoms with van der Waals surface area (Å²) >= 11 is 0. The molecule has 5 heteroatoms. The molecule has 0 aliphatic carbocycles. The summed E-state index contributed by atoms with van der Waals surface area (Å²) in [7, 11) is 0. The molecule has 0 spiro atoms. The van der Waals surface area contributed by atoms with Crippen molar-refractivity contribution >= 4 is 5.97 Å². The highest BCUT2D eigenvalue weighted by molar-refractivity contribution is 5.68. The highest BCUT2D eigenvalue weighted by Gasteiger charge is 2.08. The fourth-order valence-electron chi connectivity index (χ4n) is 1.52. The highest BCUT2D eigenvalue weighted by atomic mass is 16.5. The quantitative estimate of drug-likeness (QED) is 0.644. The van der Waals surface area contributed by atoms with Crippen molar-refractivity contribution < 1.29 is 19.7 Å². The van der Waals surface area contributed by atoms with Gasteiger partial charge in [-0.25, -0.2) is 4.79 Å². The third kappa shape index (κ3) is 4.73. The van der Waals surface area contributed by atoms with E-state index in [1.54, 1.807) is 12.1 Å². The maximum Gasteiger partial charge on any atom is 0.341 e. The molecule has 0 amide bonds. The Kier molecular flexibility index (Phi) is 6.18. The first-order valence-corrected chi connectivity index (χ1v) is 5.94. The van der Waals surface area contributed by atoms with Crippen LogP contribution in [0.3, 0.4) is 0 Å². The minimum atomic E-state index is -1.00. The number of nitrogens with one attached hydrogen (secondary N) is 1. The van der Waals surface area contributed by atoms with E-state index in [9.17, 15) is 4.79 Å². The molecule has 18 heavy (non-hydrogen) atoms. The number of para-hydroxylation sites is 1. The fourth-order valence-corrected chi connectivity index (χ4v) is 1.52. The molecule has 0 radical (unpaired) electrons. The molecule has 0 saturated carbocycles. The number of rotatable bonds is 8. The lowest BCUT2D eigenvalue weighted by Gasteiger charge is -2.15. The second-order valence-corrected chi connectivity index (χ2v) is 3.96. The number of carboxylic acid groups (broad SMARTS) is 1. The lowest BCUT2D eigenvalue weighted by molar-refractivity contribution is -0.139. The summed E-state index contributed by atoms with van der Waals surface area (Å²) in [6, 6.07) is 7.31. The van der Waals surface area contributed by atoms with Gasteiger partial charge >= 0.3 is 5.97 Å². The topological polar surface area (TPSA) is 78.8 Å². The van der Waals surface area contributed by atoms with E-state index in [0.29, 0.717) is 12.3 Å². The SMILES string of the molecule is CC[C@H](CO)NCc1ccccc1OCC(=O)O. The van der Waals surface area contributed by atoms with Crippen molar-refractivity contribution in [2.75, 3.05) is 13.2 Å². The Hall–Kier alpha value is -1.59. The first kappa shape index (κ1) is 14.5. The van der Waals surface area contributed by atoms with Crippen LogP contribution in [-0.4, -0.2) is 35.4 Å². The smallest absolute Gasteiger partial charge is 0.341 e. The van der Waals surface area contributed by atoms with Crippen molar-refractivity contribution in [2.45, 2.75) is 25.9 Å². The number of ether oxygens (including phenoxy) is 1. The zero-order valence-corrected chi connectivity index (χ0v) is 10.4. The van der Waals surface area contributed by atoms with E-state index in [4.69, 9.17) is 14.9 Å². The molecule has 100 valence electrons. The Morgan fingerprint density at radius 2 is 2.17 bits per heavy atom. The maximum atomic E-state index is 10.5. The Morgan fingerprint density at radius 1 is 1.44 bits per heavy atom. The van der Waals surface area contributed by atoms with E-state index < -0.39 is 5.97 Å². The van der Waals surface area contributed by atoms with Crippen molar-refractivity contribution in [3.8, 4) is 5.75 Å². The molecule has 3 N–H and O–H groups in total. The zero-order valence-electron chi connectivity index (χ0n) is 10.4. The monoisotopic (exact) mass is 253 g/mol. The number of aliphatic hydroxyl groups excluding tert-OH is 1. The molecule has 0 unspecified atom stereocenters. The number of carbonyl (C=O) groups is 1. The van der Waals surface area contributed by atoms with Crippen molar-refractivity contribution in [1.82, 2.24) is 5.32 Å². The molecule has 0 aliphatic rings. The first-order chi connectivity index (χ1) is 8.67. The van der Waals surface area contributed by atoms with Crippen LogP contribution in [0.2, 0.25) is 0 Å². The van der Waals surface area contributed by atoms with Gasteiger partial charge in [0.15, 0.2) is 6.61 Å². The van der Waals surface area contributed by atoms with Gasteiger partial charge in [-0.15, -0.1) is 0 Å². The first-order valence-electron chi connectivity index (χ1n) is 5.94. The summed E-state index contributed by atoms with van der Waals surface area (Å²) in [6.45, 7) is 2.25. The number of hydrogen-bond acceptors (Lipinski definition) is 4. The van der Waals surface area contributed by atoms with E-state index in [2.05, 4.69) is 5.32 Å². The Balaban J connectivity index is 2.61. The third-order valence-electron chi connectivity index (χ3n) is 2.62. The van der Waals surface area contributed by atoms with Crippen LogP contribution in [0.5, 0.6) is 5.75 Å². The zero-order chi connectivity index (χ0) is 13.4. The predicted octanol–water partition coefficient (Wildman–Crippen LogP) is 1.01. The van der Waals surface area contributed by atoms with Crippen LogP contribution >= 0.6 is 0 Å². The molecular weight excluding hydrogens is 234 g/mol. The van der Waals surface area contributed by atoms with E-state index >= 15 is 0 Å². The summed E-state index contributed by atoms with van der Waals surface area (Å²) in [5, 5.41) is 20.9. The van der Waals surface area contributed by atoms with E-state index in [0.717, 1.165) is 12.0 Å². The Bertz CT molecular complexity index is 377. The summed E-state index contributed by atoms with van der Waals surface area (Å²) < 4.78 is 5.20. The number of benzene rings is 1. The largest absolute Gasteiger partial charge is 0.482 e. The normalized spacial score (nSPS) is 12.1. The molecule has 0 aromatic heterocycles. The average Bonchev–Trinajstić information content (AvgIpc) is 2.38. The molecule has 1 rings (SSSR count). The predicted molar refractivity (Wildman–Crippen MR) is 67.6 cm³/mol. The highest BCUT2D eigenvalue weighted by Crippen LogP contribution is 2.17. The van der Waals surface area contributed by atoms with E-state index in [1.165, 1.54) is 0 Å². The van der Waals surface area contributed by atoms with E-state index in [1.807, 2.05) is 19.1 Å². The minimum Gasteiger partial charge on any atom is -0.482 e. The summed E-state index contributed by atoms with van der Waals surface area (Å²) in [6.07, 6.45) is 0.828. The summed E-state index contributed by atoms with van der Waals surface area (Å²) in [5.74, 6) is -0.445. The molecule has 0 bridgehead atoms. The molecule has 0 aliphatic heterocycles. The Labute approximate surface area is 106 Å². The van der Waals surface area contributed by atoms with Gasteiger partial charge in [0.2, 0.25) is 0 Å². The molecule has 1 aromatic carbocycles. The molecule has 0 fully saturated rings. The number of hydrogen-bond donors (Lipinski definition) is 3. The van der Waals surface area contributed by atoms with Gasteiger partial charge < -0.3 is 20.3 Å². The molecule has 5 nitrogen and oxygen atoms in total. The van der Waals surface area contributed by atoms with Gasteiger partial charge in [0.05, 0.1) is 6.61 Å². The van der Waals surface area contributed by atoms with Crippen molar-refractivity contribution in [3.63, 3.8) is 0 Å². The number of aliphatic hydroxyl groups is 1. The molecule has 0 saturated heterocycles. The van der Waals surface area contributed by atoms with Crippen LogP contribution in [0.1, 0.15) is 18.9 Å².